The molecule has 0 radical (unpaired) electrons. The minimum absolute atomic E-state index is 0.0241. The minimum Gasteiger partial charge on any atom is -0.373 e. The van der Waals surface area contributed by atoms with E-state index in [1.54, 1.807) is 20.0 Å². The maximum absolute atomic E-state index is 15.0. The van der Waals surface area contributed by atoms with Gasteiger partial charge in [0.2, 0.25) is 0 Å². The average Bonchev–Trinajstić information content (AvgIpc) is 3.58. The van der Waals surface area contributed by atoms with Crippen LogP contribution in [0, 0.1) is 25.5 Å². The second kappa shape index (κ2) is 8.74. The Kier molecular flexibility index (Phi) is 5.64. The Hall–Kier alpha value is -3.17. The van der Waals surface area contributed by atoms with Crippen LogP contribution in [-0.2, 0) is 4.74 Å². The molecular weight excluding hydrogens is 488 g/mol. The smallest absolute Gasteiger partial charge is 0.261 e. The average molecular weight is 512 g/mol. The van der Waals surface area contributed by atoms with E-state index in [0.717, 1.165) is 30.5 Å². The zero-order chi connectivity index (χ0) is 25.1. The van der Waals surface area contributed by atoms with Crippen LogP contribution in [0.1, 0.15) is 66.3 Å². The molecule has 36 heavy (non-hydrogen) atoms. The van der Waals surface area contributed by atoms with Gasteiger partial charge in [0.15, 0.2) is 5.65 Å². The molecule has 2 atom stereocenters. The summed E-state index contributed by atoms with van der Waals surface area (Å²) in [5.74, 6) is -1.82. The molecule has 1 saturated carbocycles. The Morgan fingerprint density at radius 3 is 2.56 bits per heavy atom. The molecule has 0 amide bonds. The highest BCUT2D eigenvalue weighted by atomic mass is 35.5. The number of fused-ring (bicyclic) bond motifs is 1. The van der Waals surface area contributed by atoms with Crippen molar-refractivity contribution in [1.29, 1.82) is 0 Å². The highest BCUT2D eigenvalue weighted by Gasteiger charge is 2.31. The number of hydrogen-bond acceptors (Lipinski definition) is 5. The lowest BCUT2D eigenvalue weighted by Crippen LogP contribution is -2.24. The Balaban J connectivity index is 1.47. The number of ether oxygens (including phenoxy) is 1. The van der Waals surface area contributed by atoms with E-state index in [9.17, 15) is 4.79 Å². The number of aryl methyl sites for hydroxylation is 1. The van der Waals surface area contributed by atoms with E-state index in [1.165, 1.54) is 4.40 Å². The van der Waals surface area contributed by atoms with Crippen LogP contribution in [0.4, 0.5) is 8.78 Å². The van der Waals surface area contributed by atoms with Crippen LogP contribution in [-0.4, -0.2) is 30.8 Å². The first-order chi connectivity index (χ1) is 17.3. The van der Waals surface area contributed by atoms with E-state index in [2.05, 4.69) is 10.1 Å². The van der Waals surface area contributed by atoms with Gasteiger partial charge in [-0.3, -0.25) is 13.9 Å². The maximum atomic E-state index is 15.0. The summed E-state index contributed by atoms with van der Waals surface area (Å²) < 4.78 is 39.4. The van der Waals surface area contributed by atoms with Gasteiger partial charge in [-0.25, -0.2) is 18.7 Å². The van der Waals surface area contributed by atoms with Gasteiger partial charge in [-0.15, -0.1) is 0 Å². The largest absolute Gasteiger partial charge is 0.373 e. The second-order valence-electron chi connectivity index (χ2n) is 9.65. The van der Waals surface area contributed by atoms with Crippen molar-refractivity contribution in [3.8, 4) is 11.3 Å². The van der Waals surface area contributed by atoms with Crippen LogP contribution in [0.2, 0.25) is 5.02 Å². The quantitative estimate of drug-likeness (QED) is 0.363. The Bertz CT molecular complexity index is 1540. The molecule has 0 N–H and O–H groups in total. The molecule has 6 rings (SSSR count). The Labute approximate surface area is 210 Å². The van der Waals surface area contributed by atoms with Crippen molar-refractivity contribution in [1.82, 2.24) is 24.1 Å². The van der Waals surface area contributed by atoms with E-state index in [0.29, 0.717) is 42.4 Å². The van der Waals surface area contributed by atoms with Crippen molar-refractivity contribution in [2.24, 2.45) is 0 Å². The van der Waals surface area contributed by atoms with Gasteiger partial charge in [-0.1, -0.05) is 11.6 Å². The third-order valence-corrected chi connectivity index (χ3v) is 7.38. The minimum atomic E-state index is -0.864. The fraction of sp³-hybridized carbons (Fsp3) is 0.385. The molecule has 10 heteroatoms. The SMILES string of the molecule is Cc1nc2c(-c3c(F)cc(Cl)cc3F)nc(C3CCOC(c4cnn(C5CC5)c4)C3)cn2c(=O)c1C. The van der Waals surface area contributed by atoms with E-state index < -0.39 is 11.6 Å². The van der Waals surface area contributed by atoms with Crippen molar-refractivity contribution < 1.29 is 13.5 Å². The number of rotatable bonds is 4. The highest BCUT2D eigenvalue weighted by Crippen LogP contribution is 2.40. The molecule has 7 nitrogen and oxygen atoms in total. The van der Waals surface area contributed by atoms with E-state index >= 15 is 8.78 Å². The summed E-state index contributed by atoms with van der Waals surface area (Å²) in [5.41, 5.74) is 1.91. The molecule has 0 bridgehead atoms. The molecule has 2 aliphatic rings. The summed E-state index contributed by atoms with van der Waals surface area (Å²) in [4.78, 5) is 22.4. The topological polar surface area (TPSA) is 74.3 Å². The number of benzene rings is 1. The molecule has 2 fully saturated rings. The Morgan fingerprint density at radius 2 is 1.83 bits per heavy atom. The first kappa shape index (κ1) is 23.2. The summed E-state index contributed by atoms with van der Waals surface area (Å²) in [5, 5.41) is 4.41. The van der Waals surface area contributed by atoms with Gasteiger partial charge in [0.05, 0.1) is 29.6 Å². The van der Waals surface area contributed by atoms with Gasteiger partial charge in [-0.05, 0) is 51.7 Å². The summed E-state index contributed by atoms with van der Waals surface area (Å²) in [7, 11) is 0. The molecule has 4 aromatic rings. The predicted molar refractivity (Wildman–Crippen MR) is 130 cm³/mol. The van der Waals surface area contributed by atoms with Crippen LogP contribution in [0.5, 0.6) is 0 Å². The van der Waals surface area contributed by atoms with Gasteiger partial charge in [0, 0.05) is 46.8 Å². The van der Waals surface area contributed by atoms with Crippen molar-refractivity contribution in [2.75, 3.05) is 6.61 Å². The van der Waals surface area contributed by atoms with Gasteiger partial charge in [0.1, 0.15) is 17.3 Å². The summed E-state index contributed by atoms with van der Waals surface area (Å²) in [6.45, 7) is 3.86. The molecule has 1 saturated heterocycles. The van der Waals surface area contributed by atoms with E-state index in [4.69, 9.17) is 21.3 Å². The molecular formula is C26H24ClF2N5O2. The lowest BCUT2D eigenvalue weighted by atomic mass is 9.90. The van der Waals surface area contributed by atoms with E-state index in [-0.39, 0.29) is 39.5 Å². The molecule has 1 aliphatic heterocycles. The van der Waals surface area contributed by atoms with Gasteiger partial charge in [-0.2, -0.15) is 5.10 Å². The monoisotopic (exact) mass is 511 g/mol. The lowest BCUT2D eigenvalue weighted by molar-refractivity contribution is 0.00454. The number of hydrogen-bond donors (Lipinski definition) is 0. The summed E-state index contributed by atoms with van der Waals surface area (Å²) >= 11 is 5.86. The normalized spacial score (nSPS) is 20.2. The third-order valence-electron chi connectivity index (χ3n) is 7.16. The molecule has 186 valence electrons. The number of halogens is 3. The fourth-order valence-electron chi connectivity index (χ4n) is 4.84. The summed E-state index contributed by atoms with van der Waals surface area (Å²) in [6, 6.07) is 2.54. The third kappa shape index (κ3) is 4.00. The first-order valence-electron chi connectivity index (χ1n) is 12.0. The zero-order valence-corrected chi connectivity index (χ0v) is 20.6. The van der Waals surface area contributed by atoms with Crippen molar-refractivity contribution in [3.63, 3.8) is 0 Å². The maximum Gasteiger partial charge on any atom is 0.261 e. The zero-order valence-electron chi connectivity index (χ0n) is 19.8. The number of aromatic nitrogens is 5. The van der Waals surface area contributed by atoms with Crippen LogP contribution < -0.4 is 5.56 Å². The number of nitrogens with zero attached hydrogens (tertiary/aromatic N) is 5. The van der Waals surface area contributed by atoms with Gasteiger partial charge in [0.25, 0.3) is 5.56 Å². The highest BCUT2D eigenvalue weighted by molar-refractivity contribution is 6.30. The van der Waals surface area contributed by atoms with Crippen LogP contribution in [0.25, 0.3) is 16.9 Å². The summed E-state index contributed by atoms with van der Waals surface area (Å²) in [6.07, 6.45) is 8.86. The molecule has 4 heterocycles. The van der Waals surface area contributed by atoms with Crippen LogP contribution in [0.15, 0.2) is 35.5 Å². The van der Waals surface area contributed by atoms with Crippen molar-refractivity contribution in [2.45, 2.75) is 57.6 Å². The van der Waals surface area contributed by atoms with Gasteiger partial charge >= 0.3 is 0 Å². The predicted octanol–water partition coefficient (Wildman–Crippen LogP) is 5.47. The fourth-order valence-corrected chi connectivity index (χ4v) is 5.04. The molecule has 0 spiro atoms. The first-order valence-corrected chi connectivity index (χ1v) is 12.4. The van der Waals surface area contributed by atoms with Crippen LogP contribution >= 0.6 is 11.6 Å². The van der Waals surface area contributed by atoms with E-state index in [1.807, 2.05) is 17.1 Å². The molecule has 2 unspecified atom stereocenters. The standard InChI is InChI=1S/C26H24ClF2N5O2/c1-13-14(2)31-25-24(23-19(28)8-17(27)9-20(23)29)32-21(12-33(25)26(13)35)15-5-6-36-22(7-15)16-10-30-34(11-16)18-3-4-18/h8-12,15,18,22H,3-7H2,1-2H3. The molecule has 1 aromatic carbocycles. The Morgan fingerprint density at radius 1 is 1.08 bits per heavy atom. The molecule has 1 aliphatic carbocycles. The molecule has 3 aromatic heterocycles. The second-order valence-corrected chi connectivity index (χ2v) is 10.1. The van der Waals surface area contributed by atoms with Crippen molar-refractivity contribution in [3.05, 3.63) is 80.2 Å². The van der Waals surface area contributed by atoms with Gasteiger partial charge < -0.3 is 4.74 Å². The van der Waals surface area contributed by atoms with Crippen LogP contribution in [0.3, 0.4) is 0 Å². The lowest BCUT2D eigenvalue weighted by Gasteiger charge is -2.29. The van der Waals surface area contributed by atoms with Crippen molar-refractivity contribution >= 4 is 17.2 Å².